The maximum absolute atomic E-state index is 5.15. The number of rotatable bonds is 3. The summed E-state index contributed by atoms with van der Waals surface area (Å²) in [6.07, 6.45) is 3.65. The molecule has 0 fully saturated rings. The van der Waals surface area contributed by atoms with Crippen LogP contribution in [0.3, 0.4) is 0 Å². The van der Waals surface area contributed by atoms with Crippen LogP contribution in [0.4, 0.5) is 0 Å². The molecule has 1 heterocycles. The highest BCUT2D eigenvalue weighted by molar-refractivity contribution is 7.98. The van der Waals surface area contributed by atoms with Crippen LogP contribution in [0, 0.1) is 0 Å². The molecule has 0 saturated carbocycles. The van der Waals surface area contributed by atoms with Gasteiger partial charge in [0.1, 0.15) is 5.03 Å². The summed E-state index contributed by atoms with van der Waals surface area (Å²) >= 11 is 1.53. The monoisotopic (exact) mass is 185 g/mol. The van der Waals surface area contributed by atoms with Crippen LogP contribution in [-0.2, 0) is 0 Å². The third-order valence-corrected chi connectivity index (χ3v) is 2.13. The third-order valence-electron chi connectivity index (χ3n) is 1.45. The Morgan fingerprint density at radius 3 is 2.58 bits per heavy atom. The molecule has 1 rings (SSSR count). The van der Waals surface area contributed by atoms with E-state index in [0.29, 0.717) is 5.75 Å². The Labute approximate surface area is 76.1 Å². The number of ether oxygens (including phenoxy) is 2. The van der Waals surface area contributed by atoms with Crippen molar-refractivity contribution in [2.75, 3.05) is 20.5 Å². The molecule has 3 nitrogen and oxygen atoms in total. The number of aromatic nitrogens is 1. The van der Waals surface area contributed by atoms with Gasteiger partial charge in [-0.15, -0.1) is 11.8 Å². The lowest BCUT2D eigenvalue weighted by Crippen LogP contribution is -1.93. The lowest BCUT2D eigenvalue weighted by atomic mass is 10.4. The van der Waals surface area contributed by atoms with E-state index >= 15 is 0 Å². The Morgan fingerprint density at radius 2 is 2.08 bits per heavy atom. The van der Waals surface area contributed by atoms with Gasteiger partial charge in [0.25, 0.3) is 0 Å². The van der Waals surface area contributed by atoms with Crippen molar-refractivity contribution in [1.29, 1.82) is 0 Å². The van der Waals surface area contributed by atoms with E-state index in [0.717, 1.165) is 10.8 Å². The zero-order valence-electron chi connectivity index (χ0n) is 7.33. The number of thioether (sulfide) groups is 1. The molecule has 0 bridgehead atoms. The van der Waals surface area contributed by atoms with Gasteiger partial charge in [0.15, 0.2) is 11.5 Å². The lowest BCUT2D eigenvalue weighted by molar-refractivity contribution is 0.345. The van der Waals surface area contributed by atoms with E-state index in [4.69, 9.17) is 9.47 Å². The van der Waals surface area contributed by atoms with Gasteiger partial charge >= 0.3 is 0 Å². The molecular weight excluding hydrogens is 174 g/mol. The zero-order chi connectivity index (χ0) is 8.97. The summed E-state index contributed by atoms with van der Waals surface area (Å²) in [6, 6.07) is 1.78. The van der Waals surface area contributed by atoms with Crippen LogP contribution in [0.15, 0.2) is 17.3 Å². The quantitative estimate of drug-likeness (QED) is 0.672. The topological polar surface area (TPSA) is 31.4 Å². The van der Waals surface area contributed by atoms with Crippen molar-refractivity contribution in [2.45, 2.75) is 5.03 Å². The Balaban J connectivity index is 3.13. The Hall–Kier alpha value is -0.900. The molecule has 0 aliphatic carbocycles. The summed E-state index contributed by atoms with van der Waals surface area (Å²) in [6.45, 7) is 0. The van der Waals surface area contributed by atoms with Crippen molar-refractivity contribution >= 4 is 11.8 Å². The van der Waals surface area contributed by atoms with E-state index in [9.17, 15) is 0 Å². The van der Waals surface area contributed by atoms with E-state index in [1.807, 2.05) is 6.26 Å². The molecule has 1 aromatic heterocycles. The van der Waals surface area contributed by atoms with Gasteiger partial charge < -0.3 is 9.47 Å². The van der Waals surface area contributed by atoms with Crippen LogP contribution in [0.25, 0.3) is 0 Å². The molecule has 0 aliphatic heterocycles. The fourth-order valence-corrected chi connectivity index (χ4v) is 1.44. The first-order chi connectivity index (χ1) is 5.83. The molecule has 0 aliphatic rings. The minimum Gasteiger partial charge on any atom is -0.493 e. The van der Waals surface area contributed by atoms with Crippen LogP contribution in [-0.4, -0.2) is 25.5 Å². The van der Waals surface area contributed by atoms with Crippen molar-refractivity contribution < 1.29 is 9.47 Å². The molecule has 0 spiro atoms. The van der Waals surface area contributed by atoms with Crippen LogP contribution in [0.1, 0.15) is 0 Å². The fourth-order valence-electron chi connectivity index (χ4n) is 0.906. The minimum atomic E-state index is 0.701. The Bertz CT molecular complexity index is 243. The summed E-state index contributed by atoms with van der Waals surface area (Å²) in [5.74, 6) is 1.42. The predicted molar refractivity (Wildman–Crippen MR) is 49.1 cm³/mol. The molecule has 0 N–H and O–H groups in total. The molecule has 0 aromatic carbocycles. The molecule has 0 unspecified atom stereocenters. The average Bonchev–Trinajstić information content (AvgIpc) is 2.16. The summed E-state index contributed by atoms with van der Waals surface area (Å²) in [4.78, 5) is 4.13. The number of hydrogen-bond acceptors (Lipinski definition) is 4. The first kappa shape index (κ1) is 9.19. The Kier molecular flexibility index (Phi) is 3.22. The smallest absolute Gasteiger partial charge is 0.193 e. The normalized spacial score (nSPS) is 9.58. The molecule has 0 atom stereocenters. The van der Waals surface area contributed by atoms with E-state index in [1.54, 1.807) is 26.5 Å². The fraction of sp³-hybridized carbons (Fsp3) is 0.375. The lowest BCUT2D eigenvalue weighted by Gasteiger charge is -2.08. The maximum atomic E-state index is 5.15. The summed E-state index contributed by atoms with van der Waals surface area (Å²) in [5.41, 5.74) is 0. The summed E-state index contributed by atoms with van der Waals surface area (Å²) in [7, 11) is 3.22. The van der Waals surface area contributed by atoms with Gasteiger partial charge in [-0.1, -0.05) is 0 Å². The molecule has 4 heteroatoms. The van der Waals surface area contributed by atoms with Crippen molar-refractivity contribution in [1.82, 2.24) is 4.98 Å². The highest BCUT2D eigenvalue weighted by atomic mass is 32.2. The van der Waals surface area contributed by atoms with E-state index in [2.05, 4.69) is 4.98 Å². The second-order valence-corrected chi connectivity index (χ2v) is 2.85. The maximum Gasteiger partial charge on any atom is 0.193 e. The minimum absolute atomic E-state index is 0.701. The molecule has 66 valence electrons. The summed E-state index contributed by atoms with van der Waals surface area (Å²) < 4.78 is 10.3. The van der Waals surface area contributed by atoms with Gasteiger partial charge in [-0.2, -0.15) is 0 Å². The van der Waals surface area contributed by atoms with Crippen LogP contribution in [0.2, 0.25) is 0 Å². The van der Waals surface area contributed by atoms with Gasteiger partial charge in [0.2, 0.25) is 0 Å². The summed E-state index contributed by atoms with van der Waals surface area (Å²) in [5, 5.41) is 0.844. The van der Waals surface area contributed by atoms with Crippen molar-refractivity contribution in [3.8, 4) is 11.5 Å². The molecule has 12 heavy (non-hydrogen) atoms. The molecular formula is C8H11NO2S. The van der Waals surface area contributed by atoms with Crippen LogP contribution < -0.4 is 9.47 Å². The van der Waals surface area contributed by atoms with Gasteiger partial charge in [-0.05, 0) is 6.26 Å². The molecule has 0 saturated heterocycles. The zero-order valence-corrected chi connectivity index (χ0v) is 8.14. The van der Waals surface area contributed by atoms with Crippen LogP contribution >= 0.6 is 11.8 Å². The highest BCUT2D eigenvalue weighted by Crippen LogP contribution is 2.33. The Morgan fingerprint density at radius 1 is 1.33 bits per heavy atom. The standard InChI is InChI=1S/C8H11NO2S/c1-10-6-4-5-9-8(12-3)7(6)11-2/h4-5H,1-3H3. The second-order valence-electron chi connectivity index (χ2n) is 2.06. The van der Waals surface area contributed by atoms with Gasteiger partial charge in [0, 0.05) is 12.3 Å². The van der Waals surface area contributed by atoms with E-state index < -0.39 is 0 Å². The van der Waals surface area contributed by atoms with E-state index in [-0.39, 0.29) is 0 Å². The molecule has 0 radical (unpaired) electrons. The first-order valence-corrected chi connectivity index (χ1v) is 4.67. The number of hydrogen-bond donors (Lipinski definition) is 0. The number of pyridine rings is 1. The molecule has 1 aromatic rings. The second kappa shape index (κ2) is 4.21. The van der Waals surface area contributed by atoms with Crippen molar-refractivity contribution in [3.63, 3.8) is 0 Å². The highest BCUT2D eigenvalue weighted by Gasteiger charge is 2.08. The first-order valence-electron chi connectivity index (χ1n) is 3.44. The van der Waals surface area contributed by atoms with Crippen LogP contribution in [0.5, 0.6) is 11.5 Å². The number of nitrogens with zero attached hydrogens (tertiary/aromatic N) is 1. The average molecular weight is 185 g/mol. The predicted octanol–water partition coefficient (Wildman–Crippen LogP) is 1.82. The molecule has 0 amide bonds. The van der Waals surface area contributed by atoms with Crippen molar-refractivity contribution in [3.05, 3.63) is 12.3 Å². The number of methoxy groups -OCH3 is 2. The van der Waals surface area contributed by atoms with E-state index in [1.165, 1.54) is 11.8 Å². The van der Waals surface area contributed by atoms with Gasteiger partial charge in [-0.25, -0.2) is 4.98 Å². The SMILES string of the molecule is COc1ccnc(SC)c1OC. The van der Waals surface area contributed by atoms with Gasteiger partial charge in [0.05, 0.1) is 14.2 Å². The largest absolute Gasteiger partial charge is 0.493 e. The van der Waals surface area contributed by atoms with Gasteiger partial charge in [-0.3, -0.25) is 0 Å². The third kappa shape index (κ3) is 1.64. The van der Waals surface area contributed by atoms with Crippen molar-refractivity contribution in [2.24, 2.45) is 0 Å².